The van der Waals surface area contributed by atoms with E-state index in [0.29, 0.717) is 19.5 Å². The number of nitriles is 1. The van der Waals surface area contributed by atoms with Crippen molar-refractivity contribution in [2.75, 3.05) is 19.6 Å². The van der Waals surface area contributed by atoms with Crippen LogP contribution in [-0.4, -0.2) is 36.0 Å². The lowest BCUT2D eigenvalue weighted by atomic mass is 9.52. The monoisotopic (exact) mass is 386 g/mol. The number of thiophene rings is 1. The largest absolute Gasteiger partial charge is 0.331 e. The number of hydrogen-bond donors (Lipinski definition) is 1. The molecule has 5 rings (SSSR count). The highest BCUT2D eigenvalue weighted by Crippen LogP contribution is 2.57. The Morgan fingerprint density at radius 2 is 1.96 bits per heavy atom. The lowest BCUT2D eigenvalue weighted by Crippen LogP contribution is -3.11. The summed E-state index contributed by atoms with van der Waals surface area (Å²) in [5.41, 5.74) is 0.0600. The van der Waals surface area contributed by atoms with Crippen LogP contribution in [0.2, 0.25) is 0 Å². The number of carbonyl (C=O) groups excluding carboxylic acids is 1. The van der Waals surface area contributed by atoms with E-state index in [1.165, 1.54) is 48.3 Å². The predicted octanol–water partition coefficient (Wildman–Crippen LogP) is 2.86. The molecule has 1 amide bonds. The first-order valence-corrected chi connectivity index (χ1v) is 11.5. The maximum Gasteiger partial charge on any atom is 0.278 e. The number of nitrogens with zero attached hydrogens (tertiary/aromatic N) is 2. The normalized spacial score (nSPS) is 32.2. The van der Waals surface area contributed by atoms with Gasteiger partial charge in [-0.15, -0.1) is 11.3 Å². The standard InChI is InChI=1S/C22H31N3OS/c1-2-24(15-20-5-3-8-27-20)16-21(26)25(7-4-6-23)22-12-17-9-18(13-22)11-19(10-17)14-22/h3,5,8,17-19H,2,4,7,9-16H2,1H3/p+1. The number of quaternary nitrogens is 1. The number of carbonyl (C=O) groups is 1. The van der Waals surface area contributed by atoms with Gasteiger partial charge in [0.05, 0.1) is 23.9 Å². The third kappa shape index (κ3) is 3.93. The molecule has 4 aliphatic carbocycles. The van der Waals surface area contributed by atoms with Crippen molar-refractivity contribution >= 4 is 17.2 Å². The topological polar surface area (TPSA) is 48.5 Å². The highest BCUT2D eigenvalue weighted by atomic mass is 32.1. The Morgan fingerprint density at radius 3 is 2.48 bits per heavy atom. The summed E-state index contributed by atoms with van der Waals surface area (Å²) in [5, 5.41) is 11.3. The molecule has 4 nitrogen and oxygen atoms in total. The Labute approximate surface area is 167 Å². The maximum atomic E-state index is 13.5. The molecule has 1 unspecified atom stereocenters. The second kappa shape index (κ2) is 7.93. The first-order valence-electron chi connectivity index (χ1n) is 10.6. The van der Waals surface area contributed by atoms with Crippen molar-refractivity contribution in [1.82, 2.24) is 4.90 Å². The molecule has 4 saturated carbocycles. The Bertz CT molecular complexity index is 658. The second-order valence-electron chi connectivity index (χ2n) is 9.13. The molecule has 0 radical (unpaired) electrons. The van der Waals surface area contributed by atoms with E-state index in [0.717, 1.165) is 30.8 Å². The molecule has 4 bridgehead atoms. The molecule has 0 aromatic carbocycles. The second-order valence-corrected chi connectivity index (χ2v) is 10.2. The molecule has 5 heteroatoms. The minimum Gasteiger partial charge on any atom is -0.331 e. The lowest BCUT2D eigenvalue weighted by molar-refractivity contribution is -0.904. The molecule has 1 N–H and O–H groups in total. The maximum absolute atomic E-state index is 13.5. The van der Waals surface area contributed by atoms with E-state index in [4.69, 9.17) is 0 Å². The van der Waals surface area contributed by atoms with Crippen LogP contribution in [0, 0.1) is 29.1 Å². The minimum atomic E-state index is 0.0600. The van der Waals surface area contributed by atoms with Gasteiger partial charge < -0.3 is 9.80 Å². The first-order chi connectivity index (χ1) is 13.1. The Hall–Kier alpha value is -1.38. The van der Waals surface area contributed by atoms with Crippen molar-refractivity contribution in [1.29, 1.82) is 5.26 Å². The number of likely N-dealkylation sites (N-methyl/N-ethyl adjacent to an activating group) is 1. The molecule has 4 aliphatic rings. The van der Waals surface area contributed by atoms with Gasteiger partial charge >= 0.3 is 0 Å². The smallest absolute Gasteiger partial charge is 0.278 e. The number of rotatable bonds is 8. The third-order valence-electron chi connectivity index (χ3n) is 7.23. The fourth-order valence-electron chi connectivity index (χ4n) is 6.47. The summed E-state index contributed by atoms with van der Waals surface area (Å²) < 4.78 is 0. The number of nitrogens with one attached hydrogen (secondary N) is 1. The summed E-state index contributed by atoms with van der Waals surface area (Å²) in [7, 11) is 0. The number of amides is 1. The zero-order valence-electron chi connectivity index (χ0n) is 16.5. The van der Waals surface area contributed by atoms with Gasteiger partial charge in [-0.3, -0.25) is 4.79 Å². The zero-order chi connectivity index (χ0) is 18.9. The van der Waals surface area contributed by atoms with Crippen LogP contribution < -0.4 is 4.90 Å². The Morgan fingerprint density at radius 1 is 1.30 bits per heavy atom. The molecule has 146 valence electrons. The average molecular weight is 387 g/mol. The van der Waals surface area contributed by atoms with Crippen molar-refractivity contribution < 1.29 is 9.69 Å². The van der Waals surface area contributed by atoms with Gasteiger partial charge in [-0.2, -0.15) is 5.26 Å². The predicted molar refractivity (Wildman–Crippen MR) is 107 cm³/mol. The summed E-state index contributed by atoms with van der Waals surface area (Å²) >= 11 is 1.77. The third-order valence-corrected chi connectivity index (χ3v) is 8.11. The van der Waals surface area contributed by atoms with Gasteiger partial charge in [-0.05, 0) is 74.6 Å². The minimum absolute atomic E-state index is 0.0600. The van der Waals surface area contributed by atoms with Crippen LogP contribution >= 0.6 is 11.3 Å². The molecule has 0 aliphatic heterocycles. The molecule has 1 aromatic rings. The zero-order valence-corrected chi connectivity index (χ0v) is 17.3. The van der Waals surface area contributed by atoms with E-state index >= 15 is 0 Å². The van der Waals surface area contributed by atoms with Crippen molar-refractivity contribution in [3.05, 3.63) is 22.4 Å². The summed E-state index contributed by atoms with van der Waals surface area (Å²) in [6, 6.07) is 6.54. The molecule has 1 atom stereocenters. The number of hydrogen-bond acceptors (Lipinski definition) is 3. The molecule has 0 spiro atoms. The van der Waals surface area contributed by atoms with Crippen LogP contribution in [-0.2, 0) is 11.3 Å². The highest BCUT2D eigenvalue weighted by molar-refractivity contribution is 7.09. The van der Waals surface area contributed by atoms with Crippen LogP contribution in [0.25, 0.3) is 0 Å². The first kappa shape index (κ1) is 19.0. The van der Waals surface area contributed by atoms with Gasteiger partial charge in [0.15, 0.2) is 6.54 Å². The lowest BCUT2D eigenvalue weighted by Gasteiger charge is -2.60. The van der Waals surface area contributed by atoms with Gasteiger partial charge in [-0.1, -0.05) is 6.07 Å². The van der Waals surface area contributed by atoms with Gasteiger partial charge in [0.25, 0.3) is 5.91 Å². The van der Waals surface area contributed by atoms with E-state index in [1.807, 2.05) is 0 Å². The van der Waals surface area contributed by atoms with Crippen molar-refractivity contribution in [3.63, 3.8) is 0 Å². The fourth-order valence-corrected chi connectivity index (χ4v) is 7.24. The fraction of sp³-hybridized carbons (Fsp3) is 0.727. The summed E-state index contributed by atoms with van der Waals surface area (Å²) in [4.78, 5) is 18.3. The molecule has 0 saturated heterocycles. The molecular formula is C22H32N3OS+. The Kier molecular flexibility index (Phi) is 5.57. The van der Waals surface area contributed by atoms with Gasteiger partial charge in [-0.25, -0.2) is 0 Å². The van der Waals surface area contributed by atoms with Crippen LogP contribution in [0.4, 0.5) is 0 Å². The molecule has 1 aromatic heterocycles. The highest BCUT2D eigenvalue weighted by Gasteiger charge is 2.54. The molecule has 1 heterocycles. The van der Waals surface area contributed by atoms with Crippen LogP contribution in [0.5, 0.6) is 0 Å². The van der Waals surface area contributed by atoms with E-state index in [2.05, 4.69) is 35.4 Å². The molecular weight excluding hydrogens is 354 g/mol. The van der Waals surface area contributed by atoms with Crippen LogP contribution in [0.15, 0.2) is 17.5 Å². The van der Waals surface area contributed by atoms with Crippen molar-refractivity contribution in [3.8, 4) is 6.07 Å². The van der Waals surface area contributed by atoms with Gasteiger partial charge in [0.1, 0.15) is 6.54 Å². The summed E-state index contributed by atoms with van der Waals surface area (Å²) in [6.07, 6.45) is 8.15. The van der Waals surface area contributed by atoms with E-state index < -0.39 is 0 Å². The molecule has 4 fully saturated rings. The quantitative estimate of drug-likeness (QED) is 0.747. The van der Waals surface area contributed by atoms with E-state index in [-0.39, 0.29) is 11.4 Å². The van der Waals surface area contributed by atoms with E-state index in [9.17, 15) is 10.1 Å². The van der Waals surface area contributed by atoms with Crippen LogP contribution in [0.3, 0.4) is 0 Å². The average Bonchev–Trinajstić information content (AvgIpc) is 3.13. The Balaban J connectivity index is 1.49. The summed E-state index contributed by atoms with van der Waals surface area (Å²) in [6.45, 7) is 5.23. The van der Waals surface area contributed by atoms with E-state index in [1.54, 1.807) is 11.3 Å². The van der Waals surface area contributed by atoms with Crippen molar-refractivity contribution in [2.45, 2.75) is 64.0 Å². The molecule has 27 heavy (non-hydrogen) atoms. The van der Waals surface area contributed by atoms with Crippen molar-refractivity contribution in [2.24, 2.45) is 17.8 Å². The van der Waals surface area contributed by atoms with Crippen LogP contribution in [0.1, 0.15) is 56.7 Å². The SMILES string of the molecule is CC[NH+](CC(=O)N(CCC#N)C12CC3CC(CC(C3)C1)C2)Cc1cccs1. The summed E-state index contributed by atoms with van der Waals surface area (Å²) in [5.74, 6) is 2.72. The van der Waals surface area contributed by atoms with Gasteiger partial charge in [0.2, 0.25) is 0 Å². The van der Waals surface area contributed by atoms with Gasteiger partial charge in [0, 0.05) is 12.1 Å².